The molecule has 1 atom stereocenters. The zero-order valence-corrected chi connectivity index (χ0v) is 17.6. The highest BCUT2D eigenvalue weighted by Crippen LogP contribution is 2.34. The number of aromatic nitrogens is 2. The normalized spacial score (nSPS) is 17.3. The van der Waals surface area contributed by atoms with Crippen LogP contribution in [0.25, 0.3) is 11.1 Å². The molecule has 1 fully saturated rings. The second-order valence-electron chi connectivity index (χ2n) is 7.47. The standard InChI is InChI=1S/C23H26ClN3O2/c1-28-21-10-5-16(12-22(21)29-2)14-27-11-3-4-18(15-27)23-20(13-25-26-23)17-6-8-19(24)9-7-17/h5-10,12-13,18H,3-4,11,14-15H2,1-2H3,(H,25,26)/t18-/m0/s1. The van der Waals surface area contributed by atoms with Gasteiger partial charge in [-0.25, -0.2) is 0 Å². The van der Waals surface area contributed by atoms with Crippen LogP contribution < -0.4 is 9.47 Å². The van der Waals surface area contributed by atoms with Crippen molar-refractivity contribution in [2.24, 2.45) is 0 Å². The van der Waals surface area contributed by atoms with Crippen LogP contribution in [0.4, 0.5) is 0 Å². The minimum atomic E-state index is 0.428. The lowest BCUT2D eigenvalue weighted by molar-refractivity contribution is 0.198. The van der Waals surface area contributed by atoms with Gasteiger partial charge in [0, 0.05) is 35.3 Å². The van der Waals surface area contributed by atoms with Crippen LogP contribution in [0.2, 0.25) is 5.02 Å². The van der Waals surface area contributed by atoms with E-state index in [1.54, 1.807) is 14.2 Å². The third kappa shape index (κ3) is 4.41. The topological polar surface area (TPSA) is 50.4 Å². The van der Waals surface area contributed by atoms with E-state index in [0.29, 0.717) is 5.92 Å². The molecule has 2 aromatic carbocycles. The van der Waals surface area contributed by atoms with E-state index in [2.05, 4.69) is 39.4 Å². The van der Waals surface area contributed by atoms with Gasteiger partial charge in [0.15, 0.2) is 11.5 Å². The van der Waals surface area contributed by atoms with E-state index in [4.69, 9.17) is 21.1 Å². The molecule has 0 saturated carbocycles. The Hall–Kier alpha value is -2.50. The Labute approximate surface area is 176 Å². The fourth-order valence-corrected chi connectivity index (χ4v) is 4.26. The number of aromatic amines is 1. The summed E-state index contributed by atoms with van der Waals surface area (Å²) < 4.78 is 10.8. The first kappa shape index (κ1) is 19.8. The number of rotatable bonds is 6. The van der Waals surface area contributed by atoms with Gasteiger partial charge in [-0.15, -0.1) is 0 Å². The minimum absolute atomic E-state index is 0.428. The fourth-order valence-electron chi connectivity index (χ4n) is 4.14. The summed E-state index contributed by atoms with van der Waals surface area (Å²) >= 11 is 6.05. The van der Waals surface area contributed by atoms with Crippen molar-refractivity contribution < 1.29 is 9.47 Å². The van der Waals surface area contributed by atoms with Crippen molar-refractivity contribution in [2.75, 3.05) is 27.3 Å². The molecule has 1 aromatic heterocycles. The first-order valence-electron chi connectivity index (χ1n) is 9.90. The number of benzene rings is 2. The highest BCUT2D eigenvalue weighted by molar-refractivity contribution is 6.30. The summed E-state index contributed by atoms with van der Waals surface area (Å²) in [4.78, 5) is 2.50. The van der Waals surface area contributed by atoms with E-state index in [1.807, 2.05) is 24.4 Å². The molecule has 0 amide bonds. The van der Waals surface area contributed by atoms with Gasteiger partial charge in [0.1, 0.15) is 0 Å². The van der Waals surface area contributed by atoms with Crippen molar-refractivity contribution in [1.29, 1.82) is 0 Å². The molecule has 152 valence electrons. The molecule has 29 heavy (non-hydrogen) atoms. The Morgan fingerprint density at radius 1 is 1.10 bits per heavy atom. The molecule has 1 aliphatic heterocycles. The molecule has 1 aliphatic rings. The number of hydrogen-bond acceptors (Lipinski definition) is 4. The van der Waals surface area contributed by atoms with Gasteiger partial charge in [-0.3, -0.25) is 10.00 Å². The number of likely N-dealkylation sites (tertiary alicyclic amines) is 1. The van der Waals surface area contributed by atoms with Gasteiger partial charge >= 0.3 is 0 Å². The van der Waals surface area contributed by atoms with E-state index in [9.17, 15) is 0 Å². The summed E-state index contributed by atoms with van der Waals surface area (Å²) in [6.07, 6.45) is 4.24. The van der Waals surface area contributed by atoms with Gasteiger partial charge < -0.3 is 9.47 Å². The fraction of sp³-hybridized carbons (Fsp3) is 0.348. The van der Waals surface area contributed by atoms with Crippen LogP contribution in [0.3, 0.4) is 0 Å². The van der Waals surface area contributed by atoms with E-state index in [1.165, 1.54) is 16.8 Å². The molecule has 0 bridgehead atoms. The molecular formula is C23H26ClN3O2. The van der Waals surface area contributed by atoms with Gasteiger partial charge in [0.05, 0.1) is 20.4 Å². The van der Waals surface area contributed by atoms with E-state index in [-0.39, 0.29) is 0 Å². The first-order valence-corrected chi connectivity index (χ1v) is 10.3. The van der Waals surface area contributed by atoms with Crippen LogP contribution in [0.5, 0.6) is 11.5 Å². The van der Waals surface area contributed by atoms with Crippen molar-refractivity contribution in [3.8, 4) is 22.6 Å². The smallest absolute Gasteiger partial charge is 0.161 e. The predicted octanol–water partition coefficient (Wildman–Crippen LogP) is 5.13. The van der Waals surface area contributed by atoms with E-state index < -0.39 is 0 Å². The Kier molecular flexibility index (Phi) is 6.07. The molecule has 0 spiro atoms. The molecule has 1 saturated heterocycles. The number of nitrogens with zero attached hydrogens (tertiary/aromatic N) is 2. The number of piperidine rings is 1. The van der Waals surface area contributed by atoms with Crippen LogP contribution in [-0.4, -0.2) is 42.4 Å². The number of halogens is 1. The second-order valence-corrected chi connectivity index (χ2v) is 7.90. The number of nitrogens with one attached hydrogen (secondary N) is 1. The molecule has 0 unspecified atom stereocenters. The predicted molar refractivity (Wildman–Crippen MR) is 116 cm³/mol. The maximum Gasteiger partial charge on any atom is 0.161 e. The van der Waals surface area contributed by atoms with Gasteiger partial charge in [0.2, 0.25) is 0 Å². The Morgan fingerprint density at radius 2 is 1.90 bits per heavy atom. The molecule has 6 heteroatoms. The Morgan fingerprint density at radius 3 is 2.66 bits per heavy atom. The third-order valence-corrected chi connectivity index (χ3v) is 5.84. The molecule has 2 heterocycles. The molecule has 4 rings (SSSR count). The third-order valence-electron chi connectivity index (χ3n) is 5.59. The van der Waals surface area contributed by atoms with Gasteiger partial charge in [0.25, 0.3) is 0 Å². The highest BCUT2D eigenvalue weighted by atomic mass is 35.5. The SMILES string of the molecule is COc1ccc(CN2CCC[C@H](c3[nH]ncc3-c3ccc(Cl)cc3)C2)cc1OC. The minimum Gasteiger partial charge on any atom is -0.493 e. The van der Waals surface area contributed by atoms with Gasteiger partial charge in [-0.2, -0.15) is 5.10 Å². The van der Waals surface area contributed by atoms with E-state index in [0.717, 1.165) is 54.6 Å². The number of methoxy groups -OCH3 is 2. The summed E-state index contributed by atoms with van der Waals surface area (Å²) in [7, 11) is 3.34. The number of hydrogen-bond donors (Lipinski definition) is 1. The summed E-state index contributed by atoms with van der Waals surface area (Å²) in [5.74, 6) is 1.96. The maximum absolute atomic E-state index is 6.05. The van der Waals surface area contributed by atoms with Crippen molar-refractivity contribution in [1.82, 2.24) is 15.1 Å². The average Bonchev–Trinajstić information content (AvgIpc) is 3.24. The number of H-pyrrole nitrogens is 1. The second kappa shape index (κ2) is 8.89. The summed E-state index contributed by atoms with van der Waals surface area (Å²) in [6.45, 7) is 2.98. The van der Waals surface area contributed by atoms with Crippen LogP contribution in [0, 0.1) is 0 Å². The number of ether oxygens (including phenoxy) is 2. The van der Waals surface area contributed by atoms with Crippen LogP contribution in [0.15, 0.2) is 48.7 Å². The quantitative estimate of drug-likeness (QED) is 0.611. The molecular weight excluding hydrogens is 386 g/mol. The van der Waals surface area contributed by atoms with Crippen LogP contribution in [0.1, 0.15) is 30.0 Å². The van der Waals surface area contributed by atoms with Gasteiger partial charge in [-0.1, -0.05) is 29.8 Å². The van der Waals surface area contributed by atoms with Crippen molar-refractivity contribution in [3.63, 3.8) is 0 Å². The molecule has 5 nitrogen and oxygen atoms in total. The lowest BCUT2D eigenvalue weighted by Crippen LogP contribution is -2.34. The summed E-state index contributed by atoms with van der Waals surface area (Å²) in [5, 5.41) is 8.35. The monoisotopic (exact) mass is 411 g/mol. The molecule has 0 aliphatic carbocycles. The van der Waals surface area contributed by atoms with E-state index >= 15 is 0 Å². The lowest BCUT2D eigenvalue weighted by atomic mass is 9.90. The summed E-state index contributed by atoms with van der Waals surface area (Å²) in [6, 6.07) is 14.1. The Balaban J connectivity index is 1.50. The average molecular weight is 412 g/mol. The van der Waals surface area contributed by atoms with Gasteiger partial charge in [-0.05, 0) is 54.8 Å². The zero-order valence-electron chi connectivity index (χ0n) is 16.8. The van der Waals surface area contributed by atoms with Crippen LogP contribution >= 0.6 is 11.6 Å². The molecule has 3 aromatic rings. The van der Waals surface area contributed by atoms with Crippen LogP contribution in [-0.2, 0) is 6.54 Å². The van der Waals surface area contributed by atoms with Crippen molar-refractivity contribution in [3.05, 3.63) is 64.9 Å². The lowest BCUT2D eigenvalue weighted by Gasteiger charge is -2.32. The maximum atomic E-state index is 6.05. The van der Waals surface area contributed by atoms with Crippen molar-refractivity contribution in [2.45, 2.75) is 25.3 Å². The highest BCUT2D eigenvalue weighted by Gasteiger charge is 2.25. The summed E-state index contributed by atoms with van der Waals surface area (Å²) in [5.41, 5.74) is 4.75. The molecule has 1 N–H and O–H groups in total. The Bertz CT molecular complexity index is 955. The first-order chi connectivity index (χ1) is 14.2. The van der Waals surface area contributed by atoms with Crippen molar-refractivity contribution >= 4 is 11.6 Å². The largest absolute Gasteiger partial charge is 0.493 e. The molecule has 0 radical (unpaired) electrons. The zero-order chi connectivity index (χ0) is 20.2.